The largest absolute Gasteiger partial charge is 0.495 e. The molecule has 1 N–H and O–H groups in total. The van der Waals surface area contributed by atoms with Crippen LogP contribution in [-0.4, -0.2) is 72.6 Å². The van der Waals surface area contributed by atoms with E-state index in [0.29, 0.717) is 74.3 Å². The summed E-state index contributed by atoms with van der Waals surface area (Å²) in [5, 5.41) is 4.54. The highest BCUT2D eigenvalue weighted by Crippen LogP contribution is 2.37. The molecule has 196 valence electrons. The average molecular weight is 544 g/mol. The number of ether oxygens (including phenoxy) is 2. The lowest BCUT2D eigenvalue weighted by molar-refractivity contribution is -0.120. The van der Waals surface area contributed by atoms with Gasteiger partial charge in [0.15, 0.2) is 0 Å². The number of aromatic nitrogens is 2. The predicted octanol–water partition coefficient (Wildman–Crippen LogP) is 4.30. The summed E-state index contributed by atoms with van der Waals surface area (Å²) in [5.74, 6) is 0.294. The number of amides is 2. The van der Waals surface area contributed by atoms with Gasteiger partial charge in [0.25, 0.3) is 5.91 Å². The number of fused-ring (bicyclic) bond motifs is 1. The van der Waals surface area contributed by atoms with Crippen LogP contribution < -0.4 is 15.0 Å². The van der Waals surface area contributed by atoms with Gasteiger partial charge in [-0.2, -0.15) is 4.37 Å². The molecule has 1 aromatic carbocycles. The molecule has 2 aromatic heterocycles. The summed E-state index contributed by atoms with van der Waals surface area (Å²) in [5.41, 5.74) is 3.81. The second kappa shape index (κ2) is 10.8. The molecular formula is C26H30ClN5O4S. The number of carbonyl (C=O) groups excluding carboxylic acids is 2. The number of morpholine rings is 1. The summed E-state index contributed by atoms with van der Waals surface area (Å²) < 4.78 is 15.4. The maximum atomic E-state index is 13.5. The van der Waals surface area contributed by atoms with Gasteiger partial charge < -0.3 is 24.6 Å². The minimum atomic E-state index is -0.158. The molecule has 0 aliphatic carbocycles. The normalized spacial score (nSPS) is 16.8. The van der Waals surface area contributed by atoms with Crippen LogP contribution in [0.3, 0.4) is 0 Å². The molecule has 3 aromatic rings. The van der Waals surface area contributed by atoms with E-state index in [2.05, 4.69) is 19.6 Å². The molecule has 0 spiro atoms. The smallest absolute Gasteiger partial charge is 0.257 e. The molecule has 2 aliphatic heterocycles. The van der Waals surface area contributed by atoms with Gasteiger partial charge in [-0.1, -0.05) is 11.6 Å². The van der Waals surface area contributed by atoms with Crippen LogP contribution in [0.15, 0.2) is 18.3 Å². The molecule has 9 nitrogen and oxygen atoms in total. The number of hydrogen-bond acceptors (Lipinski definition) is 8. The first-order chi connectivity index (χ1) is 17.9. The number of halogens is 1. The Kier molecular flexibility index (Phi) is 7.50. The number of methoxy groups -OCH3 is 1. The lowest BCUT2D eigenvalue weighted by Crippen LogP contribution is -2.42. The van der Waals surface area contributed by atoms with Crippen LogP contribution in [0, 0.1) is 19.8 Å². The van der Waals surface area contributed by atoms with E-state index in [9.17, 15) is 9.59 Å². The number of nitrogens with zero attached hydrogens (tertiary/aromatic N) is 4. The van der Waals surface area contributed by atoms with Crippen LogP contribution in [0.1, 0.15) is 34.5 Å². The van der Waals surface area contributed by atoms with E-state index in [1.165, 1.54) is 11.5 Å². The monoisotopic (exact) mass is 543 g/mol. The first-order valence-electron chi connectivity index (χ1n) is 12.4. The van der Waals surface area contributed by atoms with Crippen molar-refractivity contribution in [2.24, 2.45) is 5.92 Å². The minimum Gasteiger partial charge on any atom is -0.495 e. The van der Waals surface area contributed by atoms with Crippen molar-refractivity contribution in [2.45, 2.75) is 26.7 Å². The maximum absolute atomic E-state index is 13.5. The molecular weight excluding hydrogens is 514 g/mol. The maximum Gasteiger partial charge on any atom is 0.257 e. The lowest BCUT2D eigenvalue weighted by atomic mass is 9.94. The highest BCUT2D eigenvalue weighted by Gasteiger charge is 2.31. The lowest BCUT2D eigenvalue weighted by Gasteiger charge is -2.35. The number of hydrogen-bond donors (Lipinski definition) is 1. The Bertz CT molecular complexity index is 1330. The van der Waals surface area contributed by atoms with Gasteiger partial charge in [0.2, 0.25) is 5.91 Å². The van der Waals surface area contributed by atoms with E-state index in [0.717, 1.165) is 27.2 Å². The highest BCUT2D eigenvalue weighted by molar-refractivity contribution is 7.13. The van der Waals surface area contributed by atoms with Crippen molar-refractivity contribution in [3.8, 4) is 5.75 Å². The standard InChI is InChI=1S/C26H30ClN5O4S/c1-15-12-20(21(35-3)13-19(15)27)29-24(33)17-4-6-31(7-5-17)23-18(26(34)32-8-10-36-11-9-32)14-28-25-22(23)16(2)30-37-25/h12-14,17H,4-11H2,1-3H3,(H,29,33). The van der Waals surface area contributed by atoms with Crippen LogP contribution >= 0.6 is 23.1 Å². The van der Waals surface area contributed by atoms with E-state index in [4.69, 9.17) is 21.1 Å². The SMILES string of the molecule is COc1cc(Cl)c(C)cc1NC(=O)C1CCN(c2c(C(=O)N3CCOCC3)cnc3snc(C)c23)CC1. The second-order valence-corrected chi connectivity index (χ2v) is 10.6. The summed E-state index contributed by atoms with van der Waals surface area (Å²) in [6, 6.07) is 3.55. The van der Waals surface area contributed by atoms with E-state index < -0.39 is 0 Å². The molecule has 0 radical (unpaired) electrons. The Hall–Kier alpha value is -2.95. The van der Waals surface area contributed by atoms with E-state index in [-0.39, 0.29) is 17.7 Å². The van der Waals surface area contributed by atoms with Gasteiger partial charge in [-0.3, -0.25) is 9.59 Å². The van der Waals surface area contributed by atoms with Gasteiger partial charge in [-0.05, 0) is 49.9 Å². The molecule has 0 atom stereocenters. The zero-order valence-electron chi connectivity index (χ0n) is 21.2. The van der Waals surface area contributed by atoms with Crippen LogP contribution in [0.5, 0.6) is 5.75 Å². The van der Waals surface area contributed by atoms with Crippen molar-refractivity contribution >= 4 is 56.5 Å². The molecule has 0 bridgehead atoms. The van der Waals surface area contributed by atoms with E-state index in [1.54, 1.807) is 19.4 Å². The molecule has 2 amide bonds. The quantitative estimate of drug-likeness (QED) is 0.512. The second-order valence-electron chi connectivity index (χ2n) is 9.43. The van der Waals surface area contributed by atoms with Crippen LogP contribution in [0.4, 0.5) is 11.4 Å². The summed E-state index contributed by atoms with van der Waals surface area (Å²) in [6.07, 6.45) is 3.00. The molecule has 2 saturated heterocycles. The van der Waals surface area contributed by atoms with Crippen LogP contribution in [-0.2, 0) is 9.53 Å². The van der Waals surface area contributed by atoms with Crippen LogP contribution in [0.25, 0.3) is 10.2 Å². The summed E-state index contributed by atoms with van der Waals surface area (Å²) >= 11 is 7.56. The van der Waals surface area contributed by atoms with Crippen molar-refractivity contribution in [2.75, 3.05) is 56.7 Å². The average Bonchev–Trinajstić information content (AvgIpc) is 3.30. The Morgan fingerprint density at radius 3 is 2.59 bits per heavy atom. The minimum absolute atomic E-state index is 0.0385. The third-order valence-electron chi connectivity index (χ3n) is 7.10. The third kappa shape index (κ3) is 5.10. The Balaban J connectivity index is 1.36. The summed E-state index contributed by atoms with van der Waals surface area (Å²) in [6.45, 7) is 7.33. The summed E-state index contributed by atoms with van der Waals surface area (Å²) in [7, 11) is 1.56. The van der Waals surface area contributed by atoms with Gasteiger partial charge in [-0.15, -0.1) is 0 Å². The fourth-order valence-corrected chi connectivity index (χ4v) is 5.89. The molecule has 37 heavy (non-hydrogen) atoms. The molecule has 5 rings (SSSR count). The molecule has 11 heteroatoms. The number of carbonyl (C=O) groups is 2. The first-order valence-corrected chi connectivity index (χ1v) is 13.5. The van der Waals surface area contributed by atoms with Crippen LogP contribution in [0.2, 0.25) is 5.02 Å². The van der Waals surface area contributed by atoms with Gasteiger partial charge in [0.05, 0.1) is 48.3 Å². The summed E-state index contributed by atoms with van der Waals surface area (Å²) in [4.78, 5) is 36.1. The third-order valence-corrected chi connectivity index (χ3v) is 8.35. The topological polar surface area (TPSA) is 96.9 Å². The number of benzene rings is 1. The Morgan fingerprint density at radius 1 is 1.16 bits per heavy atom. The highest BCUT2D eigenvalue weighted by atomic mass is 35.5. The zero-order valence-corrected chi connectivity index (χ0v) is 22.7. The zero-order chi connectivity index (χ0) is 26.1. The fraction of sp³-hybridized carbons (Fsp3) is 0.462. The van der Waals surface area contributed by atoms with Gasteiger partial charge in [0.1, 0.15) is 10.6 Å². The van der Waals surface area contributed by atoms with Gasteiger partial charge in [0, 0.05) is 49.4 Å². The van der Waals surface area contributed by atoms with E-state index in [1.807, 2.05) is 24.8 Å². The van der Waals surface area contributed by atoms with Crippen molar-refractivity contribution in [3.05, 3.63) is 40.2 Å². The number of aryl methyl sites for hydroxylation is 2. The fourth-order valence-electron chi connectivity index (χ4n) is 4.99. The number of rotatable bonds is 5. The Morgan fingerprint density at radius 2 is 1.89 bits per heavy atom. The molecule has 4 heterocycles. The number of pyridine rings is 1. The predicted molar refractivity (Wildman–Crippen MR) is 145 cm³/mol. The van der Waals surface area contributed by atoms with E-state index >= 15 is 0 Å². The Labute approximate surface area is 224 Å². The molecule has 2 aliphatic rings. The van der Waals surface area contributed by atoms with Gasteiger partial charge >= 0.3 is 0 Å². The number of piperidine rings is 1. The van der Waals surface area contributed by atoms with Crippen molar-refractivity contribution < 1.29 is 19.1 Å². The van der Waals surface area contributed by atoms with Gasteiger partial charge in [-0.25, -0.2) is 4.98 Å². The number of nitrogens with one attached hydrogen (secondary N) is 1. The molecule has 0 unspecified atom stereocenters. The van der Waals surface area contributed by atoms with Crippen molar-refractivity contribution in [1.29, 1.82) is 0 Å². The number of anilines is 2. The first kappa shape index (κ1) is 25.7. The molecule has 0 saturated carbocycles. The van der Waals surface area contributed by atoms with Crippen molar-refractivity contribution in [1.82, 2.24) is 14.3 Å². The molecule has 2 fully saturated rings. The van der Waals surface area contributed by atoms with Crippen molar-refractivity contribution in [3.63, 3.8) is 0 Å².